The number of ketones is 1. The van der Waals surface area contributed by atoms with Crippen LogP contribution in [0.2, 0.25) is 0 Å². The first-order valence-corrected chi connectivity index (χ1v) is 9.46. The minimum Gasteiger partial charge on any atom is -0.331 e. The summed E-state index contributed by atoms with van der Waals surface area (Å²) >= 11 is 3.34. The minimum absolute atomic E-state index is 0.0382. The number of carbonyl (C=O) groups excluding carboxylic acids is 2. The van der Waals surface area contributed by atoms with Crippen molar-refractivity contribution in [1.29, 1.82) is 0 Å². The first kappa shape index (κ1) is 19.0. The van der Waals surface area contributed by atoms with Gasteiger partial charge >= 0.3 is 0 Å². The number of anilines is 1. The zero-order valence-electron chi connectivity index (χ0n) is 15.0. The Hall–Kier alpha value is -2.73. The van der Waals surface area contributed by atoms with Crippen molar-refractivity contribution in [1.82, 2.24) is 9.55 Å². The van der Waals surface area contributed by atoms with E-state index in [-0.39, 0.29) is 24.5 Å². The van der Waals surface area contributed by atoms with E-state index in [1.165, 1.54) is 0 Å². The molecule has 5 nitrogen and oxygen atoms in total. The fraction of sp³-hybridized carbons (Fsp3) is 0.190. The van der Waals surface area contributed by atoms with E-state index in [0.29, 0.717) is 5.56 Å². The lowest BCUT2D eigenvalue weighted by Crippen LogP contribution is -2.13. The smallest absolute Gasteiger partial charge is 0.224 e. The number of hydrogen-bond donors (Lipinski definition) is 1. The number of amides is 1. The maximum Gasteiger partial charge on any atom is 0.224 e. The lowest BCUT2D eigenvalue weighted by molar-refractivity contribution is -0.116. The summed E-state index contributed by atoms with van der Waals surface area (Å²) in [6.07, 6.45) is 4.06. The molecule has 0 fully saturated rings. The molecule has 2 aromatic carbocycles. The molecule has 0 aliphatic heterocycles. The van der Waals surface area contributed by atoms with Gasteiger partial charge in [0.1, 0.15) is 5.82 Å². The van der Waals surface area contributed by atoms with Gasteiger partial charge in [0, 0.05) is 47.5 Å². The monoisotopic (exact) mass is 425 g/mol. The van der Waals surface area contributed by atoms with Crippen molar-refractivity contribution in [2.75, 3.05) is 5.32 Å². The Labute approximate surface area is 166 Å². The van der Waals surface area contributed by atoms with Crippen LogP contribution in [0.3, 0.4) is 0 Å². The van der Waals surface area contributed by atoms with Crippen molar-refractivity contribution in [2.45, 2.75) is 26.3 Å². The Morgan fingerprint density at radius 3 is 2.37 bits per heavy atom. The van der Waals surface area contributed by atoms with Crippen LogP contribution in [-0.4, -0.2) is 21.2 Å². The Kier molecular flexibility index (Phi) is 6.19. The number of benzene rings is 2. The molecule has 0 spiro atoms. The number of hydrogen-bond acceptors (Lipinski definition) is 3. The molecule has 0 aliphatic carbocycles. The van der Waals surface area contributed by atoms with Crippen LogP contribution in [0.5, 0.6) is 0 Å². The van der Waals surface area contributed by atoms with Crippen LogP contribution in [0.15, 0.2) is 65.4 Å². The maximum absolute atomic E-state index is 12.1. The van der Waals surface area contributed by atoms with Crippen LogP contribution >= 0.6 is 15.9 Å². The number of aromatic nitrogens is 2. The van der Waals surface area contributed by atoms with Gasteiger partial charge in [-0.05, 0) is 36.8 Å². The molecule has 1 aromatic heterocycles. The van der Waals surface area contributed by atoms with E-state index in [9.17, 15) is 9.59 Å². The number of aryl methyl sites for hydroxylation is 1. The highest BCUT2D eigenvalue weighted by Crippen LogP contribution is 2.14. The Morgan fingerprint density at radius 2 is 1.74 bits per heavy atom. The molecule has 1 heterocycles. The normalized spacial score (nSPS) is 10.6. The molecule has 0 unspecified atom stereocenters. The van der Waals surface area contributed by atoms with Gasteiger partial charge in [-0.3, -0.25) is 9.59 Å². The molecule has 0 saturated heterocycles. The van der Waals surface area contributed by atoms with Crippen molar-refractivity contribution in [3.8, 4) is 0 Å². The summed E-state index contributed by atoms with van der Waals surface area (Å²) in [6, 6.07) is 14.8. The van der Waals surface area contributed by atoms with Gasteiger partial charge in [-0.15, -0.1) is 0 Å². The predicted octanol–water partition coefficient (Wildman–Crippen LogP) is 4.60. The molecule has 1 N–H and O–H groups in total. The molecule has 0 aliphatic rings. The van der Waals surface area contributed by atoms with Crippen molar-refractivity contribution in [3.05, 3.63) is 82.3 Å². The standard InChI is InChI=1S/C21H20BrN3O2/c1-15-23-12-13-25(15)14-16-2-8-19(9-3-16)24-21(27)11-10-20(26)17-4-6-18(22)7-5-17/h2-9,12-13H,10-11,14H2,1H3,(H,24,27). The topological polar surface area (TPSA) is 64.0 Å². The van der Waals surface area contributed by atoms with Crippen molar-refractivity contribution in [3.63, 3.8) is 0 Å². The molecule has 27 heavy (non-hydrogen) atoms. The Balaban J connectivity index is 1.49. The van der Waals surface area contributed by atoms with E-state index in [0.717, 1.165) is 28.1 Å². The molecule has 138 valence electrons. The van der Waals surface area contributed by atoms with E-state index in [1.54, 1.807) is 18.3 Å². The Morgan fingerprint density at radius 1 is 1.04 bits per heavy atom. The lowest BCUT2D eigenvalue weighted by Gasteiger charge is -2.08. The zero-order chi connectivity index (χ0) is 19.2. The van der Waals surface area contributed by atoms with E-state index < -0.39 is 0 Å². The molecule has 0 saturated carbocycles. The lowest BCUT2D eigenvalue weighted by atomic mass is 10.1. The fourth-order valence-electron chi connectivity index (χ4n) is 2.69. The highest BCUT2D eigenvalue weighted by molar-refractivity contribution is 9.10. The predicted molar refractivity (Wildman–Crippen MR) is 109 cm³/mol. The molecule has 3 rings (SSSR count). The third-order valence-electron chi connectivity index (χ3n) is 4.26. The number of halogens is 1. The first-order chi connectivity index (χ1) is 13.0. The molecule has 0 radical (unpaired) electrons. The summed E-state index contributed by atoms with van der Waals surface area (Å²) in [7, 11) is 0. The third-order valence-corrected chi connectivity index (χ3v) is 4.79. The van der Waals surface area contributed by atoms with Crippen molar-refractivity contribution < 1.29 is 9.59 Å². The van der Waals surface area contributed by atoms with Gasteiger partial charge in [-0.1, -0.05) is 40.2 Å². The van der Waals surface area contributed by atoms with E-state index >= 15 is 0 Å². The van der Waals surface area contributed by atoms with Gasteiger partial charge in [0.15, 0.2) is 5.78 Å². The molecule has 0 bridgehead atoms. The SMILES string of the molecule is Cc1nccn1Cc1ccc(NC(=O)CCC(=O)c2ccc(Br)cc2)cc1. The summed E-state index contributed by atoms with van der Waals surface area (Å²) in [4.78, 5) is 28.4. The van der Waals surface area contributed by atoms with Crippen LogP contribution in [0.1, 0.15) is 34.6 Å². The fourth-order valence-corrected chi connectivity index (χ4v) is 2.96. The molecule has 1 amide bonds. The maximum atomic E-state index is 12.1. The van der Waals surface area contributed by atoms with Crippen LogP contribution in [0, 0.1) is 6.92 Å². The molecular weight excluding hydrogens is 406 g/mol. The summed E-state index contributed by atoms with van der Waals surface area (Å²) in [5, 5.41) is 2.84. The van der Waals surface area contributed by atoms with Gasteiger partial charge in [0.2, 0.25) is 5.91 Å². The molecule has 3 aromatic rings. The summed E-state index contributed by atoms with van der Waals surface area (Å²) in [5.74, 6) is 0.755. The van der Waals surface area contributed by atoms with Gasteiger partial charge in [0.25, 0.3) is 0 Å². The van der Waals surface area contributed by atoms with Gasteiger partial charge < -0.3 is 9.88 Å². The van der Waals surface area contributed by atoms with Gasteiger partial charge in [-0.25, -0.2) is 4.98 Å². The van der Waals surface area contributed by atoms with Crippen LogP contribution < -0.4 is 5.32 Å². The second-order valence-electron chi connectivity index (χ2n) is 6.28. The second kappa shape index (κ2) is 8.77. The van der Waals surface area contributed by atoms with E-state index in [2.05, 4.69) is 30.8 Å². The average molecular weight is 426 g/mol. The first-order valence-electron chi connectivity index (χ1n) is 8.66. The number of rotatable bonds is 7. The van der Waals surface area contributed by atoms with E-state index in [1.807, 2.05) is 49.5 Å². The number of imidazole rings is 1. The molecule has 0 atom stereocenters. The molecular formula is C21H20BrN3O2. The van der Waals surface area contributed by atoms with Crippen molar-refractivity contribution >= 4 is 33.3 Å². The highest BCUT2D eigenvalue weighted by atomic mass is 79.9. The quantitative estimate of drug-likeness (QED) is 0.562. The summed E-state index contributed by atoms with van der Waals surface area (Å²) < 4.78 is 2.98. The third kappa shape index (κ3) is 5.37. The summed E-state index contributed by atoms with van der Waals surface area (Å²) in [6.45, 7) is 2.70. The number of carbonyl (C=O) groups is 2. The minimum atomic E-state index is -0.168. The van der Waals surface area contributed by atoms with Gasteiger partial charge in [0.05, 0.1) is 0 Å². The second-order valence-corrected chi connectivity index (χ2v) is 7.19. The highest BCUT2D eigenvalue weighted by Gasteiger charge is 2.10. The van der Waals surface area contributed by atoms with Crippen molar-refractivity contribution in [2.24, 2.45) is 0 Å². The van der Waals surface area contributed by atoms with E-state index in [4.69, 9.17) is 0 Å². The average Bonchev–Trinajstić information content (AvgIpc) is 3.06. The Bertz CT molecular complexity index is 931. The number of nitrogens with zero attached hydrogens (tertiary/aromatic N) is 2. The van der Waals surface area contributed by atoms with Crippen LogP contribution in [0.25, 0.3) is 0 Å². The van der Waals surface area contributed by atoms with Crippen LogP contribution in [0.4, 0.5) is 5.69 Å². The van der Waals surface area contributed by atoms with Gasteiger partial charge in [-0.2, -0.15) is 0 Å². The number of Topliss-reactive ketones (excluding diaryl/α,β-unsaturated/α-hetero) is 1. The number of nitrogens with one attached hydrogen (secondary N) is 1. The summed E-state index contributed by atoms with van der Waals surface area (Å²) in [5.41, 5.74) is 2.46. The van der Waals surface area contributed by atoms with Crippen LogP contribution in [-0.2, 0) is 11.3 Å². The zero-order valence-corrected chi connectivity index (χ0v) is 16.6. The largest absolute Gasteiger partial charge is 0.331 e. The molecule has 6 heteroatoms.